The van der Waals surface area contributed by atoms with Crippen LogP contribution in [0, 0.1) is 5.82 Å². The lowest BCUT2D eigenvalue weighted by Crippen LogP contribution is -2.47. The van der Waals surface area contributed by atoms with E-state index in [4.69, 9.17) is 4.74 Å². The second kappa shape index (κ2) is 9.15. The Morgan fingerprint density at radius 3 is 2.61 bits per heavy atom. The molecule has 0 saturated carbocycles. The van der Waals surface area contributed by atoms with Crippen molar-refractivity contribution in [3.8, 4) is 11.6 Å². The van der Waals surface area contributed by atoms with Crippen LogP contribution in [0.4, 0.5) is 15.9 Å². The Bertz CT molecular complexity index is 1150. The lowest BCUT2D eigenvalue weighted by atomic mass is 10.0. The SMILES string of the molecule is C[C@H](c1ccc(F)cc1)N1CCN(c2cc(Oc3cccc4c3CCC(=O)N4)ncn2)CC1. The molecule has 0 spiro atoms. The number of halogens is 1. The van der Waals surface area contributed by atoms with Crippen molar-refractivity contribution >= 4 is 17.4 Å². The van der Waals surface area contributed by atoms with Gasteiger partial charge in [0.25, 0.3) is 0 Å². The number of hydrogen-bond donors (Lipinski definition) is 1. The summed E-state index contributed by atoms with van der Waals surface area (Å²) in [4.78, 5) is 25.1. The number of rotatable bonds is 5. The van der Waals surface area contributed by atoms with E-state index in [1.54, 1.807) is 0 Å². The van der Waals surface area contributed by atoms with Crippen molar-refractivity contribution in [1.82, 2.24) is 14.9 Å². The van der Waals surface area contributed by atoms with Crippen LogP contribution >= 0.6 is 0 Å². The molecule has 7 nitrogen and oxygen atoms in total. The van der Waals surface area contributed by atoms with Gasteiger partial charge in [-0.3, -0.25) is 9.69 Å². The summed E-state index contributed by atoms with van der Waals surface area (Å²) in [6, 6.07) is 14.5. The lowest BCUT2D eigenvalue weighted by Gasteiger charge is -2.38. The van der Waals surface area contributed by atoms with Gasteiger partial charge in [-0.25, -0.2) is 14.4 Å². The first-order chi connectivity index (χ1) is 16.1. The molecule has 33 heavy (non-hydrogen) atoms. The molecule has 0 bridgehead atoms. The van der Waals surface area contributed by atoms with Crippen LogP contribution < -0.4 is 15.0 Å². The van der Waals surface area contributed by atoms with Crippen LogP contribution in [0.25, 0.3) is 0 Å². The minimum absolute atomic E-state index is 0.0249. The minimum atomic E-state index is -0.210. The second-order valence-corrected chi connectivity index (χ2v) is 8.40. The molecule has 3 heterocycles. The van der Waals surface area contributed by atoms with Crippen molar-refractivity contribution in [3.05, 3.63) is 71.8 Å². The molecule has 2 aliphatic rings. The second-order valence-electron chi connectivity index (χ2n) is 8.40. The summed E-state index contributed by atoms with van der Waals surface area (Å²) >= 11 is 0. The molecule has 1 fully saturated rings. The molecule has 1 saturated heterocycles. The zero-order chi connectivity index (χ0) is 22.8. The number of benzene rings is 2. The van der Waals surface area contributed by atoms with Crippen LogP contribution in [0.15, 0.2) is 54.9 Å². The van der Waals surface area contributed by atoms with E-state index in [0.717, 1.165) is 48.8 Å². The zero-order valence-electron chi connectivity index (χ0n) is 18.5. The van der Waals surface area contributed by atoms with E-state index in [-0.39, 0.29) is 17.8 Å². The normalized spacial score (nSPS) is 17.3. The molecule has 0 aliphatic carbocycles. The van der Waals surface area contributed by atoms with Gasteiger partial charge in [0.1, 0.15) is 23.7 Å². The number of hydrogen-bond acceptors (Lipinski definition) is 6. The summed E-state index contributed by atoms with van der Waals surface area (Å²) in [5, 5.41) is 2.89. The largest absolute Gasteiger partial charge is 0.438 e. The van der Waals surface area contributed by atoms with Gasteiger partial charge in [-0.05, 0) is 43.2 Å². The Hall–Kier alpha value is -3.52. The molecule has 3 aromatic rings. The van der Waals surface area contributed by atoms with Crippen LogP contribution in [0.3, 0.4) is 0 Å². The van der Waals surface area contributed by atoms with E-state index < -0.39 is 0 Å². The third-order valence-electron chi connectivity index (χ3n) is 6.39. The van der Waals surface area contributed by atoms with Crippen molar-refractivity contribution in [2.24, 2.45) is 0 Å². The Morgan fingerprint density at radius 2 is 1.82 bits per heavy atom. The van der Waals surface area contributed by atoms with Crippen LogP contribution in [0.2, 0.25) is 0 Å². The quantitative estimate of drug-likeness (QED) is 0.633. The number of nitrogens with zero attached hydrogens (tertiary/aromatic N) is 4. The number of ether oxygens (including phenoxy) is 1. The predicted molar refractivity (Wildman–Crippen MR) is 124 cm³/mol. The highest BCUT2D eigenvalue weighted by molar-refractivity contribution is 5.94. The highest BCUT2D eigenvalue weighted by atomic mass is 19.1. The molecule has 5 rings (SSSR count). The average molecular weight is 448 g/mol. The third-order valence-corrected chi connectivity index (χ3v) is 6.39. The van der Waals surface area contributed by atoms with Gasteiger partial charge in [0, 0.05) is 56.0 Å². The number of carbonyl (C=O) groups excluding carboxylic acids is 1. The molecule has 2 aliphatic heterocycles. The number of fused-ring (bicyclic) bond motifs is 1. The van der Waals surface area contributed by atoms with Gasteiger partial charge in [0.05, 0.1) is 0 Å². The monoisotopic (exact) mass is 447 g/mol. The van der Waals surface area contributed by atoms with E-state index in [1.807, 2.05) is 36.4 Å². The Kier molecular flexibility index (Phi) is 5.92. The molecule has 2 aromatic carbocycles. The van der Waals surface area contributed by atoms with Crippen molar-refractivity contribution in [2.75, 3.05) is 36.4 Å². The summed E-state index contributed by atoms with van der Waals surface area (Å²) in [7, 11) is 0. The fourth-order valence-corrected chi connectivity index (χ4v) is 4.45. The number of nitrogens with one attached hydrogen (secondary N) is 1. The van der Waals surface area contributed by atoms with E-state index in [1.165, 1.54) is 18.5 Å². The molecule has 1 aromatic heterocycles. The first-order valence-electron chi connectivity index (χ1n) is 11.2. The van der Waals surface area contributed by atoms with Gasteiger partial charge < -0.3 is 15.0 Å². The Balaban J connectivity index is 1.25. The van der Waals surface area contributed by atoms with Crippen molar-refractivity contribution in [2.45, 2.75) is 25.8 Å². The van der Waals surface area contributed by atoms with E-state index in [0.29, 0.717) is 24.5 Å². The number of anilines is 2. The first kappa shape index (κ1) is 21.3. The maximum Gasteiger partial charge on any atom is 0.224 e. The maximum absolute atomic E-state index is 13.2. The summed E-state index contributed by atoms with van der Waals surface area (Å²) in [6.07, 6.45) is 2.61. The number of carbonyl (C=O) groups is 1. The van der Waals surface area contributed by atoms with E-state index in [2.05, 4.69) is 32.0 Å². The Labute approximate surface area is 192 Å². The fraction of sp³-hybridized carbons (Fsp3) is 0.320. The van der Waals surface area contributed by atoms with Gasteiger partial charge in [0.2, 0.25) is 11.8 Å². The molecular formula is C25H26FN5O2. The number of aromatic nitrogens is 2. The summed E-state index contributed by atoms with van der Waals surface area (Å²) in [5.41, 5.74) is 2.90. The highest BCUT2D eigenvalue weighted by Gasteiger charge is 2.24. The van der Waals surface area contributed by atoms with Gasteiger partial charge in [0.15, 0.2) is 0 Å². The molecule has 170 valence electrons. The third kappa shape index (κ3) is 4.66. The van der Waals surface area contributed by atoms with Crippen LogP contribution in [0.5, 0.6) is 11.6 Å². The van der Waals surface area contributed by atoms with Gasteiger partial charge in [-0.15, -0.1) is 0 Å². The van der Waals surface area contributed by atoms with Gasteiger partial charge in [-0.1, -0.05) is 18.2 Å². The topological polar surface area (TPSA) is 70.6 Å². The molecular weight excluding hydrogens is 421 g/mol. The molecule has 0 radical (unpaired) electrons. The Morgan fingerprint density at radius 1 is 1.03 bits per heavy atom. The molecule has 1 atom stereocenters. The lowest BCUT2D eigenvalue weighted by molar-refractivity contribution is -0.116. The van der Waals surface area contributed by atoms with E-state index >= 15 is 0 Å². The number of amides is 1. The summed E-state index contributed by atoms with van der Waals surface area (Å²) < 4.78 is 19.3. The summed E-state index contributed by atoms with van der Waals surface area (Å²) in [5.74, 6) is 1.82. The van der Waals surface area contributed by atoms with E-state index in [9.17, 15) is 9.18 Å². The van der Waals surface area contributed by atoms with Crippen molar-refractivity contribution in [1.29, 1.82) is 0 Å². The van der Waals surface area contributed by atoms with Crippen LogP contribution in [-0.2, 0) is 11.2 Å². The van der Waals surface area contributed by atoms with Crippen LogP contribution in [-0.4, -0.2) is 47.0 Å². The zero-order valence-corrected chi connectivity index (χ0v) is 18.5. The maximum atomic E-state index is 13.2. The summed E-state index contributed by atoms with van der Waals surface area (Å²) in [6.45, 7) is 5.57. The first-order valence-corrected chi connectivity index (χ1v) is 11.2. The molecule has 1 amide bonds. The number of piperazine rings is 1. The van der Waals surface area contributed by atoms with Crippen molar-refractivity contribution in [3.63, 3.8) is 0 Å². The standard InChI is InChI=1S/C25H26FN5O2/c1-17(18-5-7-19(26)8-6-18)30-11-13-31(14-12-30)23-15-25(28-16-27-23)33-22-4-2-3-21-20(22)9-10-24(32)29-21/h2-8,15-17H,9-14H2,1H3,(H,29,32)/t17-/m1/s1. The van der Waals surface area contributed by atoms with Gasteiger partial charge >= 0.3 is 0 Å². The van der Waals surface area contributed by atoms with Crippen molar-refractivity contribution < 1.29 is 13.9 Å². The van der Waals surface area contributed by atoms with Crippen LogP contribution in [0.1, 0.15) is 30.5 Å². The molecule has 1 N–H and O–H groups in total. The minimum Gasteiger partial charge on any atom is -0.438 e. The predicted octanol–water partition coefficient (Wildman–Crippen LogP) is 4.18. The average Bonchev–Trinajstić information content (AvgIpc) is 2.84. The highest BCUT2D eigenvalue weighted by Crippen LogP contribution is 2.34. The fourth-order valence-electron chi connectivity index (χ4n) is 4.45. The smallest absolute Gasteiger partial charge is 0.224 e. The van der Waals surface area contributed by atoms with Gasteiger partial charge in [-0.2, -0.15) is 0 Å². The molecule has 8 heteroatoms. The molecule has 0 unspecified atom stereocenters.